The van der Waals surface area contributed by atoms with Crippen LogP contribution in [0.25, 0.3) is 10.9 Å². The van der Waals surface area contributed by atoms with Crippen LogP contribution in [0.1, 0.15) is 29.5 Å². The molecule has 0 bridgehead atoms. The topological polar surface area (TPSA) is 52.2 Å². The highest BCUT2D eigenvalue weighted by Gasteiger charge is 2.20. The molecule has 2 aromatic carbocycles. The first-order chi connectivity index (χ1) is 12.7. The maximum atomic E-state index is 9.97. The Bertz CT molecular complexity index is 953. The summed E-state index contributed by atoms with van der Waals surface area (Å²) in [7, 11) is 0. The van der Waals surface area contributed by atoms with E-state index in [1.165, 1.54) is 23.8 Å². The smallest absolute Gasteiger partial charge is 0.131 e. The van der Waals surface area contributed by atoms with Crippen LogP contribution >= 0.6 is 0 Å². The van der Waals surface area contributed by atoms with E-state index in [1.54, 1.807) is 6.07 Å². The van der Waals surface area contributed by atoms with E-state index >= 15 is 0 Å². The number of nitrogens with one attached hydrogen (secondary N) is 1. The first-order valence-corrected chi connectivity index (χ1v) is 9.14. The normalized spacial score (nSPS) is 18.0. The molecule has 0 amide bonds. The van der Waals surface area contributed by atoms with E-state index in [1.807, 2.05) is 18.3 Å². The maximum absolute atomic E-state index is 9.97. The Balaban J connectivity index is 1.40. The lowest BCUT2D eigenvalue weighted by atomic mass is 9.90. The Morgan fingerprint density at radius 1 is 1.23 bits per heavy atom. The van der Waals surface area contributed by atoms with E-state index < -0.39 is 0 Å². The minimum absolute atomic E-state index is 0.201. The molecule has 26 heavy (non-hydrogen) atoms. The van der Waals surface area contributed by atoms with Crippen molar-refractivity contribution < 1.29 is 5.11 Å². The predicted molar refractivity (Wildman–Crippen MR) is 104 cm³/mol. The van der Waals surface area contributed by atoms with Crippen molar-refractivity contribution >= 4 is 10.9 Å². The molecule has 3 aromatic rings. The third-order valence-corrected chi connectivity index (χ3v) is 5.26. The average molecular weight is 345 g/mol. The summed E-state index contributed by atoms with van der Waals surface area (Å²) in [5.74, 6) is 3.36. The molecule has 1 aliphatic rings. The summed E-state index contributed by atoms with van der Waals surface area (Å²) >= 11 is 0. The Hall–Kier alpha value is -2.77. The number of terminal acetylenes is 1. The van der Waals surface area contributed by atoms with E-state index in [9.17, 15) is 5.11 Å². The second kappa shape index (κ2) is 7.23. The highest BCUT2D eigenvalue weighted by atomic mass is 16.3. The molecule has 0 radical (unpaired) electrons. The standard InChI is InChI=1S/C22H23N3O/c1-2-19-7-5-18(12-22(19)26)15-25-9-3-4-17(14-25)10-16-6-8-21-20(11-16)13-23-24-21/h1,5-8,11-13,17,26H,3-4,9-10,14-15H2,(H,23,24)/t17-/m1/s1. The molecule has 1 atom stereocenters. The van der Waals surface area contributed by atoms with Crippen LogP contribution in [-0.2, 0) is 13.0 Å². The summed E-state index contributed by atoms with van der Waals surface area (Å²) < 4.78 is 0. The van der Waals surface area contributed by atoms with Gasteiger partial charge < -0.3 is 5.11 Å². The van der Waals surface area contributed by atoms with Gasteiger partial charge in [0, 0.05) is 18.5 Å². The van der Waals surface area contributed by atoms with Crippen LogP contribution in [0.15, 0.2) is 42.6 Å². The van der Waals surface area contributed by atoms with Gasteiger partial charge in [0.05, 0.1) is 17.3 Å². The number of aromatic amines is 1. The van der Waals surface area contributed by atoms with Gasteiger partial charge in [-0.1, -0.05) is 18.1 Å². The molecule has 2 N–H and O–H groups in total. The van der Waals surface area contributed by atoms with Crippen molar-refractivity contribution in [2.45, 2.75) is 25.8 Å². The van der Waals surface area contributed by atoms with Crippen molar-refractivity contribution in [3.05, 3.63) is 59.3 Å². The van der Waals surface area contributed by atoms with Crippen molar-refractivity contribution in [3.63, 3.8) is 0 Å². The predicted octanol–water partition coefficient (Wildman–Crippen LogP) is 3.70. The minimum atomic E-state index is 0.201. The summed E-state index contributed by atoms with van der Waals surface area (Å²) in [6.45, 7) is 3.05. The number of hydrogen-bond acceptors (Lipinski definition) is 3. The van der Waals surface area contributed by atoms with Crippen molar-refractivity contribution in [1.29, 1.82) is 0 Å². The summed E-state index contributed by atoms with van der Waals surface area (Å²) in [6, 6.07) is 12.2. The lowest BCUT2D eigenvalue weighted by Gasteiger charge is -2.33. The van der Waals surface area contributed by atoms with Crippen LogP contribution in [0, 0.1) is 18.3 Å². The van der Waals surface area contributed by atoms with Gasteiger partial charge in [0.15, 0.2) is 0 Å². The molecular formula is C22H23N3O. The van der Waals surface area contributed by atoms with Crippen LogP contribution in [-0.4, -0.2) is 33.3 Å². The molecule has 4 nitrogen and oxygen atoms in total. The van der Waals surface area contributed by atoms with Crippen molar-refractivity contribution in [2.24, 2.45) is 5.92 Å². The number of hydrogen-bond donors (Lipinski definition) is 2. The number of likely N-dealkylation sites (tertiary alicyclic amines) is 1. The zero-order valence-corrected chi connectivity index (χ0v) is 14.8. The van der Waals surface area contributed by atoms with Crippen molar-refractivity contribution in [3.8, 4) is 18.1 Å². The van der Waals surface area contributed by atoms with E-state index in [-0.39, 0.29) is 5.75 Å². The number of phenolic OH excluding ortho intramolecular Hbond substituents is 1. The van der Waals surface area contributed by atoms with Gasteiger partial charge in [-0.3, -0.25) is 10.00 Å². The van der Waals surface area contributed by atoms with Crippen LogP contribution in [0.3, 0.4) is 0 Å². The fourth-order valence-corrected chi connectivity index (χ4v) is 3.97. The van der Waals surface area contributed by atoms with Crippen LogP contribution in [0.5, 0.6) is 5.75 Å². The van der Waals surface area contributed by atoms with Crippen LogP contribution in [0.4, 0.5) is 0 Å². The van der Waals surface area contributed by atoms with Crippen LogP contribution < -0.4 is 0 Å². The first-order valence-electron chi connectivity index (χ1n) is 9.14. The largest absolute Gasteiger partial charge is 0.507 e. The number of piperidine rings is 1. The molecule has 2 heterocycles. The van der Waals surface area contributed by atoms with Crippen molar-refractivity contribution in [2.75, 3.05) is 13.1 Å². The SMILES string of the molecule is C#Cc1ccc(CN2CCC[C@H](Cc3ccc4[nH]ncc4c3)C2)cc1O. The summed E-state index contributed by atoms with van der Waals surface area (Å²) in [5, 5.41) is 18.3. The zero-order chi connectivity index (χ0) is 17.9. The molecule has 1 aromatic heterocycles. The monoisotopic (exact) mass is 345 g/mol. The Morgan fingerprint density at radius 2 is 2.12 bits per heavy atom. The first kappa shape index (κ1) is 16.7. The summed E-state index contributed by atoms with van der Waals surface area (Å²) in [4.78, 5) is 2.48. The molecule has 0 unspecified atom stereocenters. The lowest BCUT2D eigenvalue weighted by molar-refractivity contribution is 0.167. The number of benzene rings is 2. The second-order valence-electron chi connectivity index (χ2n) is 7.23. The van der Waals surface area contributed by atoms with E-state index in [4.69, 9.17) is 6.42 Å². The van der Waals surface area contributed by atoms with Gasteiger partial charge in [-0.15, -0.1) is 6.42 Å². The number of aromatic nitrogens is 2. The fourth-order valence-electron chi connectivity index (χ4n) is 3.97. The molecule has 1 aliphatic heterocycles. The third kappa shape index (κ3) is 3.58. The highest BCUT2D eigenvalue weighted by Crippen LogP contribution is 2.25. The van der Waals surface area contributed by atoms with Gasteiger partial charge in [-0.25, -0.2) is 0 Å². The van der Waals surface area contributed by atoms with E-state index in [0.29, 0.717) is 11.5 Å². The fraction of sp³-hybridized carbons (Fsp3) is 0.318. The van der Waals surface area contributed by atoms with Crippen molar-refractivity contribution in [1.82, 2.24) is 15.1 Å². The van der Waals surface area contributed by atoms with Gasteiger partial charge in [0.2, 0.25) is 0 Å². The molecular weight excluding hydrogens is 322 g/mol. The Morgan fingerprint density at radius 3 is 2.96 bits per heavy atom. The Kier molecular flexibility index (Phi) is 4.64. The van der Waals surface area contributed by atoms with E-state index in [0.717, 1.165) is 37.1 Å². The molecule has 0 saturated carbocycles. The molecule has 4 heteroatoms. The zero-order valence-electron chi connectivity index (χ0n) is 14.8. The second-order valence-corrected chi connectivity index (χ2v) is 7.23. The molecule has 1 saturated heterocycles. The quantitative estimate of drug-likeness (QED) is 0.709. The van der Waals surface area contributed by atoms with Gasteiger partial charge >= 0.3 is 0 Å². The lowest BCUT2D eigenvalue weighted by Crippen LogP contribution is -2.35. The van der Waals surface area contributed by atoms with Gasteiger partial charge in [-0.05, 0) is 67.1 Å². The molecule has 0 spiro atoms. The number of H-pyrrole nitrogens is 1. The number of rotatable bonds is 4. The van der Waals surface area contributed by atoms with Gasteiger partial charge in [-0.2, -0.15) is 5.10 Å². The third-order valence-electron chi connectivity index (χ3n) is 5.26. The molecule has 4 rings (SSSR count). The van der Waals surface area contributed by atoms with Gasteiger partial charge in [0.25, 0.3) is 0 Å². The molecule has 0 aliphatic carbocycles. The van der Waals surface area contributed by atoms with Crippen LogP contribution in [0.2, 0.25) is 0 Å². The Labute approximate surface area is 153 Å². The number of nitrogens with zero attached hydrogens (tertiary/aromatic N) is 2. The summed E-state index contributed by atoms with van der Waals surface area (Å²) in [6.07, 6.45) is 10.8. The minimum Gasteiger partial charge on any atom is -0.507 e. The summed E-state index contributed by atoms with van der Waals surface area (Å²) in [5.41, 5.74) is 4.14. The average Bonchev–Trinajstić information content (AvgIpc) is 3.10. The molecule has 1 fully saturated rings. The number of aromatic hydroxyl groups is 1. The van der Waals surface area contributed by atoms with E-state index in [2.05, 4.69) is 39.2 Å². The number of fused-ring (bicyclic) bond motifs is 1. The van der Waals surface area contributed by atoms with Gasteiger partial charge in [0.1, 0.15) is 5.75 Å². The maximum Gasteiger partial charge on any atom is 0.131 e. The molecule has 132 valence electrons. The highest BCUT2D eigenvalue weighted by molar-refractivity contribution is 5.78. The number of phenols is 1.